The summed E-state index contributed by atoms with van der Waals surface area (Å²) in [5.41, 5.74) is 2.12. The minimum absolute atomic E-state index is 0.00464. The SMILES string of the molecule is CCc1ccc(OC2=COC3CC(OCc4ccc(Cl)cc4Cl)CCC3C2=O)cc1. The monoisotopic (exact) mass is 446 g/mol. The highest BCUT2D eigenvalue weighted by atomic mass is 35.5. The van der Waals surface area contributed by atoms with Crippen molar-refractivity contribution in [3.05, 3.63) is 75.7 Å². The van der Waals surface area contributed by atoms with E-state index in [0.717, 1.165) is 18.4 Å². The standard InChI is InChI=1S/C24H24Cl2O4/c1-2-15-3-7-18(8-4-15)30-23-14-29-22-12-19(9-10-20(22)24(23)27)28-13-16-5-6-17(25)11-21(16)26/h3-8,11,14,19-20,22H,2,9-10,12-13H2,1H3. The van der Waals surface area contributed by atoms with Crippen molar-refractivity contribution >= 4 is 29.0 Å². The molecule has 158 valence electrons. The van der Waals surface area contributed by atoms with Gasteiger partial charge >= 0.3 is 0 Å². The van der Waals surface area contributed by atoms with Crippen LogP contribution in [0.2, 0.25) is 10.0 Å². The zero-order valence-electron chi connectivity index (χ0n) is 16.8. The largest absolute Gasteiger partial charge is 0.493 e. The van der Waals surface area contributed by atoms with Gasteiger partial charge in [-0.15, -0.1) is 0 Å². The molecule has 1 aliphatic heterocycles. The van der Waals surface area contributed by atoms with Crippen LogP contribution in [0, 0.1) is 5.92 Å². The number of carbonyl (C=O) groups excluding carboxylic acids is 1. The molecule has 3 atom stereocenters. The topological polar surface area (TPSA) is 44.8 Å². The van der Waals surface area contributed by atoms with Gasteiger partial charge in [-0.05, 0) is 54.7 Å². The third-order valence-electron chi connectivity index (χ3n) is 5.72. The van der Waals surface area contributed by atoms with Gasteiger partial charge in [-0.1, -0.05) is 48.3 Å². The predicted molar refractivity (Wildman–Crippen MR) is 117 cm³/mol. The van der Waals surface area contributed by atoms with E-state index >= 15 is 0 Å². The molecule has 4 rings (SSSR count). The van der Waals surface area contributed by atoms with Crippen LogP contribution in [0.5, 0.6) is 5.75 Å². The smallest absolute Gasteiger partial charge is 0.207 e. The first-order chi connectivity index (χ1) is 14.5. The number of aryl methyl sites for hydroxylation is 1. The summed E-state index contributed by atoms with van der Waals surface area (Å²) in [6, 6.07) is 13.1. The van der Waals surface area contributed by atoms with Crippen molar-refractivity contribution in [3.8, 4) is 5.75 Å². The van der Waals surface area contributed by atoms with Gasteiger partial charge in [0.25, 0.3) is 0 Å². The number of allylic oxidation sites excluding steroid dienone is 1. The maximum atomic E-state index is 12.9. The maximum Gasteiger partial charge on any atom is 0.207 e. The molecule has 0 spiro atoms. The van der Waals surface area contributed by atoms with Crippen molar-refractivity contribution in [2.24, 2.45) is 5.92 Å². The van der Waals surface area contributed by atoms with E-state index in [1.807, 2.05) is 30.3 Å². The van der Waals surface area contributed by atoms with Crippen LogP contribution >= 0.6 is 23.2 Å². The molecule has 0 saturated heterocycles. The van der Waals surface area contributed by atoms with Gasteiger partial charge in [0.2, 0.25) is 11.5 Å². The van der Waals surface area contributed by atoms with Gasteiger partial charge in [-0.3, -0.25) is 4.79 Å². The molecule has 2 aromatic carbocycles. The van der Waals surface area contributed by atoms with Crippen LogP contribution in [-0.4, -0.2) is 18.0 Å². The molecule has 1 aliphatic carbocycles. The number of benzene rings is 2. The Morgan fingerprint density at radius 2 is 1.90 bits per heavy atom. The van der Waals surface area contributed by atoms with Crippen LogP contribution in [0.4, 0.5) is 0 Å². The normalized spacial score (nSPS) is 23.4. The molecule has 2 aliphatic rings. The minimum Gasteiger partial charge on any atom is -0.493 e. The number of hydrogen-bond donors (Lipinski definition) is 0. The van der Waals surface area contributed by atoms with Gasteiger partial charge in [0.1, 0.15) is 18.1 Å². The third kappa shape index (κ3) is 4.83. The molecule has 30 heavy (non-hydrogen) atoms. The first-order valence-corrected chi connectivity index (χ1v) is 11.0. The molecular weight excluding hydrogens is 423 g/mol. The zero-order valence-corrected chi connectivity index (χ0v) is 18.3. The molecule has 0 radical (unpaired) electrons. The maximum absolute atomic E-state index is 12.9. The fraction of sp³-hybridized carbons (Fsp3) is 0.375. The molecule has 6 heteroatoms. The lowest BCUT2D eigenvalue weighted by atomic mass is 9.80. The molecule has 0 aromatic heterocycles. The van der Waals surface area contributed by atoms with Gasteiger partial charge in [0.05, 0.1) is 18.6 Å². The van der Waals surface area contributed by atoms with Crippen LogP contribution in [0.1, 0.15) is 37.3 Å². The van der Waals surface area contributed by atoms with E-state index in [4.69, 9.17) is 37.4 Å². The Balaban J connectivity index is 1.34. The summed E-state index contributed by atoms with van der Waals surface area (Å²) < 4.78 is 17.7. The van der Waals surface area contributed by atoms with E-state index in [-0.39, 0.29) is 29.7 Å². The summed E-state index contributed by atoms with van der Waals surface area (Å²) in [6.45, 7) is 2.51. The van der Waals surface area contributed by atoms with E-state index in [2.05, 4.69) is 6.92 Å². The summed E-state index contributed by atoms with van der Waals surface area (Å²) in [5.74, 6) is 0.724. The Bertz CT molecular complexity index is 939. The molecule has 2 aromatic rings. The summed E-state index contributed by atoms with van der Waals surface area (Å²) in [6.07, 6.45) is 4.40. The second kappa shape index (κ2) is 9.42. The Morgan fingerprint density at radius 3 is 2.63 bits per heavy atom. The highest BCUT2D eigenvalue weighted by Crippen LogP contribution is 2.35. The summed E-state index contributed by atoms with van der Waals surface area (Å²) in [7, 11) is 0. The molecule has 0 amide bonds. The molecule has 1 saturated carbocycles. The van der Waals surface area contributed by atoms with Gasteiger partial charge in [0.15, 0.2) is 0 Å². The number of hydrogen-bond acceptors (Lipinski definition) is 4. The number of carbonyl (C=O) groups is 1. The fourth-order valence-corrected chi connectivity index (χ4v) is 4.39. The molecule has 1 heterocycles. The molecule has 1 fully saturated rings. The van der Waals surface area contributed by atoms with Gasteiger partial charge in [0, 0.05) is 16.5 Å². The average molecular weight is 447 g/mol. The van der Waals surface area contributed by atoms with Crippen molar-refractivity contribution in [1.29, 1.82) is 0 Å². The number of rotatable bonds is 6. The second-order valence-electron chi connectivity index (χ2n) is 7.71. The Morgan fingerprint density at radius 1 is 1.10 bits per heavy atom. The van der Waals surface area contributed by atoms with Crippen molar-refractivity contribution in [2.45, 2.75) is 51.4 Å². The van der Waals surface area contributed by atoms with Gasteiger partial charge in [-0.2, -0.15) is 0 Å². The first kappa shape index (κ1) is 21.2. The predicted octanol–water partition coefficient (Wildman–Crippen LogP) is 6.13. The van der Waals surface area contributed by atoms with Crippen LogP contribution in [-0.2, 0) is 27.3 Å². The van der Waals surface area contributed by atoms with Crippen LogP contribution in [0.15, 0.2) is 54.5 Å². The van der Waals surface area contributed by atoms with Crippen LogP contribution < -0.4 is 4.74 Å². The Labute approximate surface area is 186 Å². The zero-order chi connectivity index (χ0) is 21.1. The lowest BCUT2D eigenvalue weighted by Gasteiger charge is -2.37. The Kier molecular flexibility index (Phi) is 6.67. The Hall–Kier alpha value is -2.01. The highest BCUT2D eigenvalue weighted by Gasteiger charge is 2.41. The third-order valence-corrected chi connectivity index (χ3v) is 6.31. The van der Waals surface area contributed by atoms with Crippen molar-refractivity contribution in [2.75, 3.05) is 0 Å². The summed E-state index contributed by atoms with van der Waals surface area (Å²) >= 11 is 12.2. The van der Waals surface area contributed by atoms with E-state index in [1.165, 1.54) is 11.8 Å². The van der Waals surface area contributed by atoms with Crippen molar-refractivity contribution < 1.29 is 19.0 Å². The summed E-state index contributed by atoms with van der Waals surface area (Å²) in [4.78, 5) is 12.9. The van der Waals surface area contributed by atoms with Crippen LogP contribution in [0.3, 0.4) is 0 Å². The first-order valence-electron chi connectivity index (χ1n) is 10.3. The van der Waals surface area contributed by atoms with Crippen LogP contribution in [0.25, 0.3) is 0 Å². The van der Waals surface area contributed by atoms with Crippen molar-refractivity contribution in [1.82, 2.24) is 0 Å². The highest BCUT2D eigenvalue weighted by molar-refractivity contribution is 6.35. The number of ether oxygens (including phenoxy) is 3. The molecular formula is C24H24Cl2O4. The lowest BCUT2D eigenvalue weighted by molar-refractivity contribution is -0.134. The number of ketones is 1. The molecule has 4 nitrogen and oxygen atoms in total. The van der Waals surface area contributed by atoms with E-state index in [1.54, 1.807) is 12.1 Å². The molecule has 0 bridgehead atoms. The quantitative estimate of drug-likeness (QED) is 0.535. The van der Waals surface area contributed by atoms with E-state index in [9.17, 15) is 4.79 Å². The van der Waals surface area contributed by atoms with Gasteiger partial charge in [-0.25, -0.2) is 0 Å². The van der Waals surface area contributed by atoms with Gasteiger partial charge < -0.3 is 14.2 Å². The average Bonchev–Trinajstić information content (AvgIpc) is 2.75. The summed E-state index contributed by atoms with van der Waals surface area (Å²) in [5, 5.41) is 1.20. The number of Topliss-reactive ketones (excluding diaryl/α,β-unsaturated/α-hetero) is 1. The fourth-order valence-electron chi connectivity index (χ4n) is 3.93. The lowest BCUT2D eigenvalue weighted by Crippen LogP contribution is -2.42. The van der Waals surface area contributed by atoms with Crippen molar-refractivity contribution in [3.63, 3.8) is 0 Å². The van der Waals surface area contributed by atoms with E-state index < -0.39 is 0 Å². The van der Waals surface area contributed by atoms with E-state index in [0.29, 0.717) is 35.2 Å². The number of halogens is 2. The minimum atomic E-state index is -0.195. The molecule has 3 unspecified atom stereocenters. The number of fused-ring (bicyclic) bond motifs is 1. The molecule has 0 N–H and O–H groups in total. The second-order valence-corrected chi connectivity index (χ2v) is 8.55.